The number of benzene rings is 1. The minimum atomic E-state index is -0.420. The van der Waals surface area contributed by atoms with Crippen molar-refractivity contribution in [1.82, 2.24) is 5.32 Å². The van der Waals surface area contributed by atoms with Gasteiger partial charge in [-0.1, -0.05) is 13.0 Å². The van der Waals surface area contributed by atoms with E-state index in [1.165, 1.54) is 6.07 Å². The van der Waals surface area contributed by atoms with Gasteiger partial charge in [0.2, 0.25) is 0 Å². The molecule has 5 heteroatoms. The molecular formula is C13H19FN2O2. The first-order valence-corrected chi connectivity index (χ1v) is 5.99. The van der Waals surface area contributed by atoms with Crippen LogP contribution in [0, 0.1) is 5.82 Å². The molecule has 4 nitrogen and oxygen atoms in total. The Hall–Kier alpha value is -1.62. The summed E-state index contributed by atoms with van der Waals surface area (Å²) in [5.74, 6) is -0.312. The molecule has 0 saturated heterocycles. The molecule has 0 aliphatic heterocycles. The molecule has 0 saturated carbocycles. The molecule has 0 fully saturated rings. The Morgan fingerprint density at radius 3 is 2.83 bits per heavy atom. The van der Waals surface area contributed by atoms with Crippen LogP contribution >= 0.6 is 0 Å². The van der Waals surface area contributed by atoms with Gasteiger partial charge in [-0.25, -0.2) is 4.39 Å². The number of amides is 1. The van der Waals surface area contributed by atoms with Crippen molar-refractivity contribution in [3.63, 3.8) is 0 Å². The van der Waals surface area contributed by atoms with Crippen LogP contribution in [0.3, 0.4) is 0 Å². The molecule has 1 atom stereocenters. The van der Waals surface area contributed by atoms with Crippen molar-refractivity contribution in [2.75, 3.05) is 13.2 Å². The quantitative estimate of drug-likeness (QED) is 0.813. The van der Waals surface area contributed by atoms with Gasteiger partial charge in [-0.15, -0.1) is 0 Å². The second-order valence-corrected chi connectivity index (χ2v) is 4.11. The fraction of sp³-hybridized carbons (Fsp3) is 0.462. The number of rotatable bonds is 6. The highest BCUT2D eigenvalue weighted by Gasteiger charge is 2.09. The van der Waals surface area contributed by atoms with Crippen LogP contribution in [-0.2, 0) is 4.79 Å². The van der Waals surface area contributed by atoms with Gasteiger partial charge in [0.15, 0.2) is 6.61 Å². The minimum absolute atomic E-state index is 0.114. The summed E-state index contributed by atoms with van der Waals surface area (Å²) in [6, 6.07) is 4.05. The zero-order valence-corrected chi connectivity index (χ0v) is 10.7. The normalized spacial score (nSPS) is 12.0. The number of carbonyl (C=O) groups excluding carboxylic acids is 1. The Labute approximate surface area is 106 Å². The Balaban J connectivity index is 2.53. The second kappa shape index (κ2) is 6.96. The number of hydrogen-bond acceptors (Lipinski definition) is 3. The van der Waals surface area contributed by atoms with Crippen LogP contribution in [0.15, 0.2) is 18.2 Å². The highest BCUT2D eigenvalue weighted by Crippen LogP contribution is 2.20. The molecular weight excluding hydrogens is 235 g/mol. The van der Waals surface area contributed by atoms with Crippen molar-refractivity contribution in [3.8, 4) is 5.75 Å². The van der Waals surface area contributed by atoms with Crippen LogP contribution in [0.1, 0.15) is 31.9 Å². The lowest BCUT2D eigenvalue weighted by Crippen LogP contribution is -2.29. The summed E-state index contributed by atoms with van der Waals surface area (Å²) < 4.78 is 18.8. The van der Waals surface area contributed by atoms with Gasteiger partial charge in [-0.3, -0.25) is 4.79 Å². The van der Waals surface area contributed by atoms with Crippen molar-refractivity contribution in [2.24, 2.45) is 5.73 Å². The first-order valence-electron chi connectivity index (χ1n) is 5.99. The maximum absolute atomic E-state index is 13.6. The van der Waals surface area contributed by atoms with Gasteiger partial charge in [0.05, 0.1) is 0 Å². The van der Waals surface area contributed by atoms with Gasteiger partial charge in [0.25, 0.3) is 5.91 Å². The molecule has 1 aromatic rings. The lowest BCUT2D eigenvalue weighted by Gasteiger charge is -2.10. The van der Waals surface area contributed by atoms with E-state index in [1.807, 2.05) is 6.92 Å². The van der Waals surface area contributed by atoms with Crippen molar-refractivity contribution >= 4 is 5.91 Å². The Bertz CT molecular complexity index is 408. The van der Waals surface area contributed by atoms with Gasteiger partial charge in [0.1, 0.15) is 11.6 Å². The van der Waals surface area contributed by atoms with Crippen LogP contribution in [0.25, 0.3) is 0 Å². The Kier molecular flexibility index (Phi) is 5.58. The van der Waals surface area contributed by atoms with Gasteiger partial charge < -0.3 is 15.8 Å². The maximum atomic E-state index is 13.6. The van der Waals surface area contributed by atoms with Gasteiger partial charge in [0, 0.05) is 24.2 Å². The molecule has 0 radical (unpaired) electrons. The summed E-state index contributed by atoms with van der Waals surface area (Å²) in [5, 5.41) is 2.67. The molecule has 0 aliphatic carbocycles. The Morgan fingerprint density at radius 1 is 1.56 bits per heavy atom. The number of nitrogens with two attached hydrogens (primary N) is 1. The number of halogens is 1. The highest BCUT2D eigenvalue weighted by molar-refractivity contribution is 5.77. The summed E-state index contributed by atoms with van der Waals surface area (Å²) in [7, 11) is 0. The van der Waals surface area contributed by atoms with Crippen molar-refractivity contribution in [1.29, 1.82) is 0 Å². The van der Waals surface area contributed by atoms with E-state index < -0.39 is 5.82 Å². The van der Waals surface area contributed by atoms with E-state index in [4.69, 9.17) is 10.5 Å². The molecule has 3 N–H and O–H groups in total. The van der Waals surface area contributed by atoms with Gasteiger partial charge in [-0.2, -0.15) is 0 Å². The molecule has 0 bridgehead atoms. The molecule has 1 unspecified atom stereocenters. The molecule has 18 heavy (non-hydrogen) atoms. The number of carbonyl (C=O) groups is 1. The summed E-state index contributed by atoms with van der Waals surface area (Å²) in [5.41, 5.74) is 6.03. The van der Waals surface area contributed by atoms with E-state index in [0.717, 1.165) is 6.42 Å². The molecule has 1 aromatic carbocycles. The zero-order chi connectivity index (χ0) is 13.5. The Morgan fingerprint density at radius 2 is 2.28 bits per heavy atom. The average Bonchev–Trinajstić information content (AvgIpc) is 2.33. The maximum Gasteiger partial charge on any atom is 0.257 e. The fourth-order valence-electron chi connectivity index (χ4n) is 1.43. The van der Waals surface area contributed by atoms with Crippen molar-refractivity contribution < 1.29 is 13.9 Å². The summed E-state index contributed by atoms with van der Waals surface area (Å²) in [4.78, 5) is 11.3. The molecule has 1 amide bonds. The lowest BCUT2D eigenvalue weighted by molar-refractivity contribution is -0.123. The third-order valence-electron chi connectivity index (χ3n) is 2.40. The minimum Gasteiger partial charge on any atom is -0.484 e. The largest absolute Gasteiger partial charge is 0.484 e. The predicted octanol–water partition coefficient (Wildman–Crippen LogP) is 1.75. The number of ether oxygens (including phenoxy) is 1. The molecule has 100 valence electrons. The highest BCUT2D eigenvalue weighted by atomic mass is 19.1. The summed E-state index contributed by atoms with van der Waals surface area (Å²) >= 11 is 0. The van der Waals surface area contributed by atoms with E-state index in [9.17, 15) is 9.18 Å². The van der Waals surface area contributed by atoms with Crippen LogP contribution in [0.2, 0.25) is 0 Å². The third kappa shape index (κ3) is 4.33. The van der Waals surface area contributed by atoms with Crippen molar-refractivity contribution in [2.45, 2.75) is 26.3 Å². The first-order chi connectivity index (χ1) is 8.54. The van der Waals surface area contributed by atoms with Crippen LogP contribution in [-0.4, -0.2) is 19.1 Å². The number of nitrogens with one attached hydrogen (secondary N) is 1. The standard InChI is InChI=1S/C13H19FN2O2/c1-3-6-16-13(17)8-18-10-4-5-11(9(2)15)12(14)7-10/h4-5,7,9H,3,6,8,15H2,1-2H3,(H,16,17). The van der Waals surface area contributed by atoms with E-state index >= 15 is 0 Å². The molecule has 0 aliphatic rings. The topological polar surface area (TPSA) is 64.3 Å². The number of hydrogen-bond donors (Lipinski definition) is 2. The molecule has 0 spiro atoms. The summed E-state index contributed by atoms with van der Waals surface area (Å²) in [6.07, 6.45) is 0.865. The smallest absolute Gasteiger partial charge is 0.257 e. The molecule has 1 rings (SSSR count). The van der Waals surface area contributed by atoms with E-state index in [1.54, 1.807) is 19.1 Å². The monoisotopic (exact) mass is 254 g/mol. The fourth-order valence-corrected chi connectivity index (χ4v) is 1.43. The first kappa shape index (κ1) is 14.4. The second-order valence-electron chi connectivity index (χ2n) is 4.11. The molecule has 0 heterocycles. The van der Waals surface area contributed by atoms with E-state index in [0.29, 0.717) is 17.9 Å². The zero-order valence-electron chi connectivity index (χ0n) is 10.7. The van der Waals surface area contributed by atoms with Gasteiger partial charge in [-0.05, 0) is 19.4 Å². The lowest BCUT2D eigenvalue weighted by atomic mass is 10.1. The SMILES string of the molecule is CCCNC(=O)COc1ccc(C(C)N)c(F)c1. The van der Waals surface area contributed by atoms with Crippen LogP contribution in [0.4, 0.5) is 4.39 Å². The van der Waals surface area contributed by atoms with Crippen LogP contribution in [0.5, 0.6) is 5.75 Å². The van der Waals surface area contributed by atoms with E-state index in [-0.39, 0.29) is 18.6 Å². The predicted molar refractivity (Wildman–Crippen MR) is 67.8 cm³/mol. The average molecular weight is 254 g/mol. The van der Waals surface area contributed by atoms with E-state index in [2.05, 4.69) is 5.32 Å². The van der Waals surface area contributed by atoms with Crippen molar-refractivity contribution in [3.05, 3.63) is 29.6 Å². The van der Waals surface area contributed by atoms with Crippen LogP contribution < -0.4 is 15.8 Å². The third-order valence-corrected chi connectivity index (χ3v) is 2.40. The molecule has 0 aromatic heterocycles. The van der Waals surface area contributed by atoms with Gasteiger partial charge >= 0.3 is 0 Å². The summed E-state index contributed by atoms with van der Waals surface area (Å²) in [6.45, 7) is 4.16.